The maximum atomic E-state index is 11.6. The zero-order chi connectivity index (χ0) is 13.7. The van der Waals surface area contributed by atoms with Gasteiger partial charge < -0.3 is 14.8 Å². The second-order valence-electron chi connectivity index (χ2n) is 4.03. The fourth-order valence-corrected chi connectivity index (χ4v) is 2.35. The van der Waals surface area contributed by atoms with E-state index in [4.69, 9.17) is 9.47 Å². The highest BCUT2D eigenvalue weighted by Crippen LogP contribution is 2.25. The summed E-state index contributed by atoms with van der Waals surface area (Å²) in [6, 6.07) is 1.83. The molecule has 7 heteroatoms. The molecule has 0 saturated heterocycles. The second kappa shape index (κ2) is 6.44. The number of carbonyl (C=O) groups is 1. The van der Waals surface area contributed by atoms with Gasteiger partial charge in [0.1, 0.15) is 11.2 Å². The summed E-state index contributed by atoms with van der Waals surface area (Å²) >= 11 is 1.50. The molecule has 1 atom stereocenters. The molecule has 2 aromatic rings. The Morgan fingerprint density at radius 3 is 3.16 bits per heavy atom. The minimum Gasteiger partial charge on any atom is -0.467 e. The Balaban J connectivity index is 1.91. The number of ether oxygens (including phenoxy) is 2. The van der Waals surface area contributed by atoms with Gasteiger partial charge in [-0.2, -0.15) is 0 Å². The first kappa shape index (κ1) is 13.7. The lowest BCUT2D eigenvalue weighted by atomic mass is 10.3. The highest BCUT2D eigenvalue weighted by molar-refractivity contribution is 7.16. The number of hydrogen-bond donors (Lipinski definition) is 1. The zero-order valence-electron chi connectivity index (χ0n) is 10.8. The van der Waals surface area contributed by atoms with Crippen LogP contribution < -0.4 is 10.1 Å². The highest BCUT2D eigenvalue weighted by Gasteiger charge is 2.10. The molecule has 0 spiro atoms. The van der Waals surface area contributed by atoms with Gasteiger partial charge >= 0.3 is 0 Å². The number of rotatable bonds is 6. The molecule has 0 saturated carbocycles. The van der Waals surface area contributed by atoms with E-state index in [9.17, 15) is 4.79 Å². The first-order valence-electron chi connectivity index (χ1n) is 5.80. The summed E-state index contributed by atoms with van der Waals surface area (Å²) in [4.78, 5) is 20.6. The van der Waals surface area contributed by atoms with Crippen LogP contribution in [0.25, 0.3) is 10.2 Å². The molecule has 0 bridgehead atoms. The summed E-state index contributed by atoms with van der Waals surface area (Å²) < 4.78 is 10.4. The predicted octanol–water partition coefficient (Wildman–Crippen LogP) is 1.22. The van der Waals surface area contributed by atoms with Crippen molar-refractivity contribution in [3.8, 4) is 5.88 Å². The molecule has 1 N–H and O–H groups in total. The van der Waals surface area contributed by atoms with Crippen LogP contribution in [-0.4, -0.2) is 42.2 Å². The minimum atomic E-state index is -0.202. The molecule has 0 radical (unpaired) electrons. The van der Waals surface area contributed by atoms with Crippen molar-refractivity contribution in [2.45, 2.75) is 13.0 Å². The Labute approximate surface area is 114 Å². The molecule has 2 heterocycles. The molecule has 6 nitrogen and oxygen atoms in total. The Kier molecular flexibility index (Phi) is 4.64. The Morgan fingerprint density at radius 1 is 1.53 bits per heavy atom. The lowest BCUT2D eigenvalue weighted by Crippen LogP contribution is -2.38. The molecule has 0 aliphatic carbocycles. The molecule has 0 aliphatic heterocycles. The van der Waals surface area contributed by atoms with Gasteiger partial charge in [0.05, 0.1) is 12.0 Å². The first-order valence-corrected chi connectivity index (χ1v) is 6.68. The number of aromatic nitrogens is 2. The van der Waals surface area contributed by atoms with Crippen molar-refractivity contribution in [1.29, 1.82) is 0 Å². The number of fused-ring (bicyclic) bond motifs is 1. The van der Waals surface area contributed by atoms with E-state index in [1.165, 1.54) is 17.7 Å². The van der Waals surface area contributed by atoms with Crippen LogP contribution in [0.1, 0.15) is 6.92 Å². The van der Waals surface area contributed by atoms with E-state index in [0.29, 0.717) is 12.5 Å². The van der Waals surface area contributed by atoms with Crippen LogP contribution in [0.5, 0.6) is 5.88 Å². The average Bonchev–Trinajstić information content (AvgIpc) is 2.85. The number of amides is 1. The maximum Gasteiger partial charge on any atom is 0.258 e. The lowest BCUT2D eigenvalue weighted by Gasteiger charge is -2.12. The van der Waals surface area contributed by atoms with Crippen LogP contribution in [0.15, 0.2) is 17.8 Å². The van der Waals surface area contributed by atoms with E-state index in [1.54, 1.807) is 7.11 Å². The van der Waals surface area contributed by atoms with E-state index in [2.05, 4.69) is 15.3 Å². The monoisotopic (exact) mass is 281 g/mol. The van der Waals surface area contributed by atoms with Gasteiger partial charge in [-0.05, 0) is 18.4 Å². The number of nitrogens with one attached hydrogen (secondary N) is 1. The predicted molar refractivity (Wildman–Crippen MR) is 72.4 cm³/mol. The summed E-state index contributed by atoms with van der Waals surface area (Å²) in [5, 5.41) is 5.50. The van der Waals surface area contributed by atoms with Crippen LogP contribution in [0.3, 0.4) is 0 Å². The standard InChI is InChI=1S/C12H15N3O3S/c1-8(5-17-2)15-10(16)6-18-11-9-3-4-19-12(9)14-7-13-11/h3-4,7-8H,5-6H2,1-2H3,(H,15,16). The van der Waals surface area contributed by atoms with E-state index in [-0.39, 0.29) is 18.6 Å². The van der Waals surface area contributed by atoms with Gasteiger partial charge in [-0.15, -0.1) is 11.3 Å². The molecule has 0 fully saturated rings. The van der Waals surface area contributed by atoms with Crippen molar-refractivity contribution in [2.24, 2.45) is 0 Å². The number of methoxy groups -OCH3 is 1. The van der Waals surface area contributed by atoms with Gasteiger partial charge in [-0.3, -0.25) is 4.79 Å². The second-order valence-corrected chi connectivity index (χ2v) is 4.93. The van der Waals surface area contributed by atoms with Crippen molar-refractivity contribution in [3.63, 3.8) is 0 Å². The van der Waals surface area contributed by atoms with Gasteiger partial charge in [-0.1, -0.05) is 0 Å². The summed E-state index contributed by atoms with van der Waals surface area (Å²) in [6.07, 6.45) is 1.43. The van der Waals surface area contributed by atoms with Crippen molar-refractivity contribution >= 4 is 27.5 Å². The van der Waals surface area contributed by atoms with E-state index < -0.39 is 0 Å². The Hall–Kier alpha value is -1.73. The Morgan fingerprint density at radius 2 is 2.37 bits per heavy atom. The van der Waals surface area contributed by atoms with Crippen LogP contribution in [0.4, 0.5) is 0 Å². The molecule has 0 aromatic carbocycles. The number of hydrogen-bond acceptors (Lipinski definition) is 6. The van der Waals surface area contributed by atoms with Crippen molar-refractivity contribution in [3.05, 3.63) is 17.8 Å². The van der Waals surface area contributed by atoms with Gasteiger partial charge in [0.15, 0.2) is 6.61 Å². The molecule has 19 heavy (non-hydrogen) atoms. The van der Waals surface area contributed by atoms with Gasteiger partial charge in [0, 0.05) is 13.2 Å². The SMILES string of the molecule is COCC(C)NC(=O)COc1ncnc2sccc12. The molecule has 1 unspecified atom stereocenters. The van der Waals surface area contributed by atoms with Crippen LogP contribution in [-0.2, 0) is 9.53 Å². The topological polar surface area (TPSA) is 73.3 Å². The minimum absolute atomic E-state index is 0.0485. The van der Waals surface area contributed by atoms with E-state index in [1.807, 2.05) is 18.4 Å². The first-order chi connectivity index (χ1) is 9.20. The van der Waals surface area contributed by atoms with E-state index in [0.717, 1.165) is 10.2 Å². The fraction of sp³-hybridized carbons (Fsp3) is 0.417. The third-order valence-corrected chi connectivity index (χ3v) is 3.21. The van der Waals surface area contributed by atoms with Crippen molar-refractivity contribution in [2.75, 3.05) is 20.3 Å². The fourth-order valence-electron chi connectivity index (χ4n) is 1.62. The highest BCUT2D eigenvalue weighted by atomic mass is 32.1. The number of thiophene rings is 1. The molecule has 0 aliphatic rings. The largest absolute Gasteiger partial charge is 0.467 e. The molecule has 2 aromatic heterocycles. The van der Waals surface area contributed by atoms with Gasteiger partial charge in [0.2, 0.25) is 5.88 Å². The quantitative estimate of drug-likeness (QED) is 0.862. The smallest absolute Gasteiger partial charge is 0.258 e. The van der Waals surface area contributed by atoms with Crippen molar-refractivity contribution in [1.82, 2.24) is 15.3 Å². The molecular formula is C12H15N3O3S. The lowest BCUT2D eigenvalue weighted by molar-refractivity contribution is -0.124. The number of nitrogens with zero attached hydrogens (tertiary/aromatic N) is 2. The average molecular weight is 281 g/mol. The number of carbonyl (C=O) groups excluding carboxylic acids is 1. The van der Waals surface area contributed by atoms with Crippen LogP contribution in [0, 0.1) is 0 Å². The van der Waals surface area contributed by atoms with Gasteiger partial charge in [-0.25, -0.2) is 9.97 Å². The molecular weight excluding hydrogens is 266 g/mol. The summed E-state index contributed by atoms with van der Waals surface area (Å²) in [6.45, 7) is 2.26. The third-order valence-electron chi connectivity index (χ3n) is 2.39. The zero-order valence-corrected chi connectivity index (χ0v) is 11.6. The molecule has 1 amide bonds. The Bertz CT molecular complexity index is 558. The van der Waals surface area contributed by atoms with Gasteiger partial charge in [0.25, 0.3) is 5.91 Å². The third kappa shape index (κ3) is 3.62. The van der Waals surface area contributed by atoms with E-state index >= 15 is 0 Å². The summed E-state index contributed by atoms with van der Waals surface area (Å²) in [5.41, 5.74) is 0. The van der Waals surface area contributed by atoms with Crippen LogP contribution >= 0.6 is 11.3 Å². The van der Waals surface area contributed by atoms with Crippen molar-refractivity contribution < 1.29 is 14.3 Å². The maximum absolute atomic E-state index is 11.6. The molecule has 2 rings (SSSR count). The summed E-state index contributed by atoms with van der Waals surface area (Å²) in [7, 11) is 1.59. The normalized spacial score (nSPS) is 12.3. The summed E-state index contributed by atoms with van der Waals surface area (Å²) in [5.74, 6) is 0.229. The van der Waals surface area contributed by atoms with Crippen LogP contribution in [0.2, 0.25) is 0 Å². The molecule has 102 valence electrons.